The van der Waals surface area contributed by atoms with Crippen LogP contribution >= 0.6 is 15.9 Å². The van der Waals surface area contributed by atoms with Crippen LogP contribution in [0.2, 0.25) is 0 Å². The highest BCUT2D eigenvalue weighted by molar-refractivity contribution is 9.10. The van der Waals surface area contributed by atoms with E-state index >= 15 is 0 Å². The quantitative estimate of drug-likeness (QED) is 0.722. The SMILES string of the molecule is N#Cc1cc(F)c(O)c(Br)c1. The molecule has 1 aromatic rings. The highest BCUT2D eigenvalue weighted by Gasteiger charge is 2.06. The van der Waals surface area contributed by atoms with Gasteiger partial charge < -0.3 is 5.11 Å². The molecule has 11 heavy (non-hydrogen) atoms. The van der Waals surface area contributed by atoms with Crippen LogP contribution in [0.3, 0.4) is 0 Å². The first-order chi connectivity index (χ1) is 5.15. The van der Waals surface area contributed by atoms with Gasteiger partial charge in [0.05, 0.1) is 16.1 Å². The normalized spacial score (nSPS) is 9.18. The maximum atomic E-state index is 12.6. The Labute approximate surface area is 71.0 Å². The molecule has 0 aliphatic carbocycles. The minimum Gasteiger partial charge on any atom is -0.504 e. The van der Waals surface area contributed by atoms with E-state index in [-0.39, 0.29) is 10.0 Å². The molecule has 1 aromatic carbocycles. The molecule has 0 aliphatic heterocycles. The van der Waals surface area contributed by atoms with E-state index in [1.54, 1.807) is 6.07 Å². The Bertz CT molecular complexity index is 309. The van der Waals surface area contributed by atoms with Gasteiger partial charge in [0.1, 0.15) is 0 Å². The molecule has 1 rings (SSSR count). The zero-order valence-electron chi connectivity index (χ0n) is 5.31. The van der Waals surface area contributed by atoms with Crippen molar-refractivity contribution in [1.82, 2.24) is 0 Å². The Morgan fingerprint density at radius 1 is 1.55 bits per heavy atom. The Balaban J connectivity index is 3.35. The van der Waals surface area contributed by atoms with Crippen LogP contribution in [0.5, 0.6) is 5.75 Å². The molecule has 0 saturated carbocycles. The molecule has 2 nitrogen and oxygen atoms in total. The Morgan fingerprint density at radius 2 is 2.18 bits per heavy atom. The molecule has 1 N–H and O–H groups in total. The summed E-state index contributed by atoms with van der Waals surface area (Å²) in [4.78, 5) is 0. The molecule has 0 aromatic heterocycles. The summed E-state index contributed by atoms with van der Waals surface area (Å²) in [5, 5.41) is 17.3. The summed E-state index contributed by atoms with van der Waals surface area (Å²) >= 11 is 2.90. The van der Waals surface area contributed by atoms with Crippen molar-refractivity contribution in [3.63, 3.8) is 0 Å². The Hall–Kier alpha value is -1.08. The third-order valence-electron chi connectivity index (χ3n) is 1.15. The van der Waals surface area contributed by atoms with Gasteiger partial charge in [-0.05, 0) is 28.1 Å². The van der Waals surface area contributed by atoms with Crippen molar-refractivity contribution in [3.8, 4) is 11.8 Å². The second-order valence-electron chi connectivity index (χ2n) is 1.90. The highest BCUT2D eigenvalue weighted by atomic mass is 79.9. The van der Waals surface area contributed by atoms with E-state index in [0.29, 0.717) is 0 Å². The third kappa shape index (κ3) is 1.49. The number of rotatable bonds is 0. The zero-order valence-corrected chi connectivity index (χ0v) is 6.89. The van der Waals surface area contributed by atoms with Crippen LogP contribution in [-0.4, -0.2) is 5.11 Å². The number of hydrogen-bond acceptors (Lipinski definition) is 2. The van der Waals surface area contributed by atoms with Gasteiger partial charge in [-0.1, -0.05) is 0 Å². The molecule has 0 radical (unpaired) electrons. The standard InChI is InChI=1S/C7H3BrFNO/c8-5-1-4(3-10)2-6(9)7(5)11/h1-2,11H. The number of nitriles is 1. The molecule has 0 amide bonds. The van der Waals surface area contributed by atoms with Crippen LogP contribution in [-0.2, 0) is 0 Å². The van der Waals surface area contributed by atoms with Gasteiger partial charge >= 0.3 is 0 Å². The lowest BCUT2D eigenvalue weighted by Gasteiger charge is -1.97. The van der Waals surface area contributed by atoms with Gasteiger partial charge in [-0.15, -0.1) is 0 Å². The van der Waals surface area contributed by atoms with Crippen molar-refractivity contribution < 1.29 is 9.50 Å². The second kappa shape index (κ2) is 2.89. The van der Waals surface area contributed by atoms with Gasteiger partial charge in [0, 0.05) is 0 Å². The predicted molar refractivity (Wildman–Crippen MR) is 40.5 cm³/mol. The molecule has 0 bridgehead atoms. The lowest BCUT2D eigenvalue weighted by molar-refractivity contribution is 0.429. The van der Waals surface area contributed by atoms with Crippen LogP contribution in [0.15, 0.2) is 16.6 Å². The first-order valence-corrected chi connectivity index (χ1v) is 3.52. The maximum absolute atomic E-state index is 12.6. The Kier molecular flexibility index (Phi) is 2.11. The average Bonchev–Trinajstić information content (AvgIpc) is 1.99. The summed E-state index contributed by atoms with van der Waals surface area (Å²) in [5.41, 5.74) is 0.173. The zero-order chi connectivity index (χ0) is 8.43. The monoisotopic (exact) mass is 215 g/mol. The van der Waals surface area contributed by atoms with Crippen molar-refractivity contribution in [2.24, 2.45) is 0 Å². The molecule has 0 saturated heterocycles. The summed E-state index contributed by atoms with van der Waals surface area (Å²) in [5.74, 6) is -1.26. The summed E-state index contributed by atoms with van der Waals surface area (Å²) in [6.45, 7) is 0. The first-order valence-electron chi connectivity index (χ1n) is 2.73. The van der Waals surface area contributed by atoms with E-state index in [0.717, 1.165) is 6.07 Å². The number of aromatic hydroxyl groups is 1. The highest BCUT2D eigenvalue weighted by Crippen LogP contribution is 2.27. The van der Waals surface area contributed by atoms with Gasteiger partial charge in [0.15, 0.2) is 11.6 Å². The van der Waals surface area contributed by atoms with Gasteiger partial charge in [0.25, 0.3) is 0 Å². The molecule has 0 unspecified atom stereocenters. The molecule has 0 atom stereocenters. The van der Waals surface area contributed by atoms with Gasteiger partial charge in [-0.3, -0.25) is 0 Å². The van der Waals surface area contributed by atoms with Crippen molar-refractivity contribution in [3.05, 3.63) is 28.0 Å². The number of phenols is 1. The molecule has 0 aliphatic rings. The van der Waals surface area contributed by atoms with Crippen LogP contribution in [0, 0.1) is 17.1 Å². The fourth-order valence-electron chi connectivity index (χ4n) is 0.630. The van der Waals surface area contributed by atoms with Gasteiger partial charge in [0.2, 0.25) is 0 Å². The lowest BCUT2D eigenvalue weighted by Crippen LogP contribution is -1.81. The van der Waals surface area contributed by atoms with Crippen molar-refractivity contribution in [1.29, 1.82) is 5.26 Å². The lowest BCUT2D eigenvalue weighted by atomic mass is 10.2. The van der Waals surface area contributed by atoms with Crippen molar-refractivity contribution >= 4 is 15.9 Å². The van der Waals surface area contributed by atoms with Gasteiger partial charge in [-0.25, -0.2) is 4.39 Å². The van der Waals surface area contributed by atoms with Crippen LogP contribution in [0.4, 0.5) is 4.39 Å². The topological polar surface area (TPSA) is 44.0 Å². The number of nitrogens with zero attached hydrogens (tertiary/aromatic N) is 1. The largest absolute Gasteiger partial charge is 0.504 e. The molecule has 56 valence electrons. The van der Waals surface area contributed by atoms with Gasteiger partial charge in [-0.2, -0.15) is 5.26 Å². The molecule has 0 fully saturated rings. The molecule has 0 heterocycles. The first kappa shape index (κ1) is 8.02. The van der Waals surface area contributed by atoms with Crippen molar-refractivity contribution in [2.45, 2.75) is 0 Å². The smallest absolute Gasteiger partial charge is 0.167 e. The number of benzene rings is 1. The summed E-state index contributed by atoms with van der Waals surface area (Å²) < 4.78 is 12.8. The molecule has 0 spiro atoms. The number of phenolic OH excluding ortho intramolecular Hbond substituents is 1. The van der Waals surface area contributed by atoms with E-state index in [1.165, 1.54) is 6.07 Å². The summed E-state index contributed by atoms with van der Waals surface area (Å²) in [7, 11) is 0. The minimum absolute atomic E-state index is 0.173. The third-order valence-corrected chi connectivity index (χ3v) is 1.75. The average molecular weight is 216 g/mol. The molecular weight excluding hydrogens is 213 g/mol. The van der Waals surface area contributed by atoms with E-state index < -0.39 is 11.6 Å². The second-order valence-corrected chi connectivity index (χ2v) is 2.75. The minimum atomic E-state index is -0.795. The van der Waals surface area contributed by atoms with Crippen molar-refractivity contribution in [2.75, 3.05) is 0 Å². The van der Waals surface area contributed by atoms with E-state index in [2.05, 4.69) is 15.9 Å². The fraction of sp³-hybridized carbons (Fsp3) is 0. The summed E-state index contributed by atoms with van der Waals surface area (Å²) in [6, 6.07) is 4.07. The van der Waals surface area contributed by atoms with Crippen LogP contribution in [0.25, 0.3) is 0 Å². The van der Waals surface area contributed by atoms with E-state index in [4.69, 9.17) is 10.4 Å². The van der Waals surface area contributed by atoms with E-state index in [9.17, 15) is 4.39 Å². The predicted octanol–water partition coefficient (Wildman–Crippen LogP) is 2.17. The molecular formula is C7H3BrFNO. The van der Waals surface area contributed by atoms with Crippen LogP contribution < -0.4 is 0 Å². The Morgan fingerprint density at radius 3 is 2.64 bits per heavy atom. The fourth-order valence-corrected chi connectivity index (χ4v) is 1.07. The number of halogens is 2. The number of hydrogen-bond donors (Lipinski definition) is 1. The molecule has 4 heteroatoms. The summed E-state index contributed by atoms with van der Waals surface area (Å²) in [6.07, 6.45) is 0. The van der Waals surface area contributed by atoms with E-state index in [1.807, 2.05) is 0 Å². The maximum Gasteiger partial charge on any atom is 0.167 e. The van der Waals surface area contributed by atoms with Crippen LogP contribution in [0.1, 0.15) is 5.56 Å².